The number of anilines is 1. The third-order valence-corrected chi connectivity index (χ3v) is 3.85. The highest BCUT2D eigenvalue weighted by atomic mass is 16.5. The van der Waals surface area contributed by atoms with Crippen LogP contribution in [0.4, 0.5) is 10.5 Å². The van der Waals surface area contributed by atoms with E-state index in [0.29, 0.717) is 42.9 Å². The highest BCUT2D eigenvalue weighted by Crippen LogP contribution is 2.24. The molecule has 7 nitrogen and oxygen atoms in total. The number of carboxylic acids is 1. The number of likely N-dealkylation sites (tertiary alicyclic amines) is 1. The fourth-order valence-electron chi connectivity index (χ4n) is 2.58. The number of nitrogens with one attached hydrogen (secondary N) is 1. The Hall–Kier alpha value is -2.75. The summed E-state index contributed by atoms with van der Waals surface area (Å²) in [6.07, 6.45) is 0.855. The molecule has 1 saturated heterocycles. The zero-order valence-corrected chi connectivity index (χ0v) is 13.8. The van der Waals surface area contributed by atoms with Crippen molar-refractivity contribution in [3.63, 3.8) is 0 Å². The van der Waals surface area contributed by atoms with Crippen LogP contribution in [0.25, 0.3) is 0 Å². The highest BCUT2D eigenvalue weighted by Gasteiger charge is 2.27. The van der Waals surface area contributed by atoms with E-state index >= 15 is 0 Å². The summed E-state index contributed by atoms with van der Waals surface area (Å²) in [5.74, 6) is -0.714. The molecule has 1 heterocycles. The molecule has 0 bridgehead atoms. The van der Waals surface area contributed by atoms with Crippen molar-refractivity contribution >= 4 is 17.7 Å². The Morgan fingerprint density at radius 3 is 2.58 bits per heavy atom. The molecule has 0 aromatic heterocycles. The molecule has 1 fully saturated rings. The molecule has 1 aliphatic heterocycles. The van der Waals surface area contributed by atoms with Gasteiger partial charge in [0.25, 0.3) is 0 Å². The number of benzene rings is 1. The van der Waals surface area contributed by atoms with Crippen LogP contribution in [0.15, 0.2) is 18.2 Å². The number of carboxylic acid groups (broad SMARTS) is 1. The quantitative estimate of drug-likeness (QED) is 0.883. The topological polar surface area (TPSA) is 103 Å². The second-order valence-electron chi connectivity index (χ2n) is 6.02. The fourth-order valence-corrected chi connectivity index (χ4v) is 2.58. The molecule has 7 heteroatoms. The van der Waals surface area contributed by atoms with Crippen molar-refractivity contribution in [2.24, 2.45) is 5.92 Å². The molecule has 128 valence electrons. The Morgan fingerprint density at radius 2 is 2.04 bits per heavy atom. The van der Waals surface area contributed by atoms with Crippen LogP contribution in [0.2, 0.25) is 0 Å². The number of nitrogens with zero attached hydrogens (tertiary/aromatic N) is 2. The Kier molecular flexibility index (Phi) is 5.64. The van der Waals surface area contributed by atoms with Crippen molar-refractivity contribution in [3.8, 4) is 11.8 Å². The molecule has 2 N–H and O–H groups in total. The van der Waals surface area contributed by atoms with Gasteiger partial charge in [-0.15, -0.1) is 0 Å². The number of carbonyl (C=O) groups excluding carboxylic acids is 1. The molecule has 2 rings (SSSR count). The lowest BCUT2D eigenvalue weighted by Crippen LogP contribution is -2.42. The van der Waals surface area contributed by atoms with Crippen molar-refractivity contribution in [1.82, 2.24) is 4.90 Å². The van der Waals surface area contributed by atoms with Crippen LogP contribution in [0.5, 0.6) is 5.75 Å². The minimum absolute atomic E-state index is 0.0481. The van der Waals surface area contributed by atoms with E-state index in [2.05, 4.69) is 11.4 Å². The number of carbonyl (C=O) groups is 2. The molecule has 24 heavy (non-hydrogen) atoms. The van der Waals surface area contributed by atoms with E-state index in [1.807, 2.05) is 13.8 Å². The van der Waals surface area contributed by atoms with Gasteiger partial charge in [0.05, 0.1) is 17.6 Å². The maximum Gasteiger partial charge on any atom is 0.321 e. The zero-order chi connectivity index (χ0) is 17.7. The monoisotopic (exact) mass is 331 g/mol. The van der Waals surface area contributed by atoms with Crippen molar-refractivity contribution < 1.29 is 19.4 Å². The lowest BCUT2D eigenvalue weighted by atomic mass is 9.97. The van der Waals surface area contributed by atoms with Gasteiger partial charge in [-0.1, -0.05) is 0 Å². The third-order valence-electron chi connectivity index (χ3n) is 3.85. The molecule has 0 spiro atoms. The minimum atomic E-state index is -0.811. The molecule has 0 unspecified atom stereocenters. The van der Waals surface area contributed by atoms with Crippen LogP contribution in [0.1, 0.15) is 32.3 Å². The second kappa shape index (κ2) is 7.68. The summed E-state index contributed by atoms with van der Waals surface area (Å²) >= 11 is 0. The van der Waals surface area contributed by atoms with Crippen LogP contribution >= 0.6 is 0 Å². The number of amides is 2. The van der Waals surface area contributed by atoms with Gasteiger partial charge in [0.15, 0.2) is 0 Å². The number of rotatable bonds is 4. The lowest BCUT2D eigenvalue weighted by Gasteiger charge is -2.30. The normalized spacial score (nSPS) is 15.0. The standard InChI is InChI=1S/C17H21N3O4/c1-11(2)24-15-4-3-14(9-13(15)10-18)19-17(23)20-7-5-12(6-8-20)16(21)22/h3-4,9,11-12H,5-8H2,1-2H3,(H,19,23)(H,21,22). The summed E-state index contributed by atoms with van der Waals surface area (Å²) in [6.45, 7) is 4.56. The minimum Gasteiger partial charge on any atom is -0.490 e. The van der Waals surface area contributed by atoms with Crippen molar-refractivity contribution in [2.45, 2.75) is 32.8 Å². The summed E-state index contributed by atoms with van der Waals surface area (Å²) in [6, 6.07) is 6.67. The predicted octanol–water partition coefficient (Wildman–Crippen LogP) is 2.67. The summed E-state index contributed by atoms with van der Waals surface area (Å²) < 4.78 is 5.55. The molecule has 1 aliphatic rings. The van der Waals surface area contributed by atoms with E-state index in [9.17, 15) is 14.9 Å². The van der Waals surface area contributed by atoms with E-state index in [1.165, 1.54) is 0 Å². The molecule has 0 atom stereocenters. The van der Waals surface area contributed by atoms with Gasteiger partial charge in [0.1, 0.15) is 11.8 Å². The van der Waals surface area contributed by atoms with Crippen molar-refractivity contribution in [2.75, 3.05) is 18.4 Å². The smallest absolute Gasteiger partial charge is 0.321 e. The molecular formula is C17H21N3O4. The van der Waals surface area contributed by atoms with Gasteiger partial charge in [-0.05, 0) is 44.9 Å². The number of piperidine rings is 1. The summed E-state index contributed by atoms with van der Waals surface area (Å²) in [4.78, 5) is 24.8. The van der Waals surface area contributed by atoms with Gasteiger partial charge < -0.3 is 20.1 Å². The van der Waals surface area contributed by atoms with Crippen molar-refractivity contribution in [3.05, 3.63) is 23.8 Å². The van der Waals surface area contributed by atoms with Gasteiger partial charge in [-0.3, -0.25) is 4.79 Å². The van der Waals surface area contributed by atoms with Gasteiger partial charge in [-0.2, -0.15) is 5.26 Å². The first-order chi connectivity index (χ1) is 11.4. The Bertz CT molecular complexity index is 658. The van der Waals surface area contributed by atoms with Crippen LogP contribution in [-0.4, -0.2) is 41.2 Å². The molecule has 0 aliphatic carbocycles. The number of hydrogen-bond donors (Lipinski definition) is 2. The maximum atomic E-state index is 12.3. The van der Waals surface area contributed by atoms with E-state index in [-0.39, 0.29) is 18.1 Å². The van der Waals surface area contributed by atoms with Gasteiger partial charge in [0, 0.05) is 18.8 Å². The van der Waals surface area contributed by atoms with Gasteiger partial charge in [0.2, 0.25) is 0 Å². The Morgan fingerprint density at radius 1 is 1.38 bits per heavy atom. The van der Waals surface area contributed by atoms with E-state index in [1.54, 1.807) is 23.1 Å². The van der Waals surface area contributed by atoms with Crippen LogP contribution < -0.4 is 10.1 Å². The van der Waals surface area contributed by atoms with Crippen LogP contribution in [0, 0.1) is 17.2 Å². The average Bonchev–Trinajstić information content (AvgIpc) is 2.55. The fraction of sp³-hybridized carbons (Fsp3) is 0.471. The van der Waals surface area contributed by atoms with E-state index in [4.69, 9.17) is 9.84 Å². The summed E-state index contributed by atoms with van der Waals surface area (Å²) in [7, 11) is 0. The number of hydrogen-bond acceptors (Lipinski definition) is 4. The number of ether oxygens (including phenoxy) is 1. The third kappa shape index (κ3) is 4.38. The molecular weight excluding hydrogens is 310 g/mol. The number of nitriles is 1. The molecule has 1 aromatic carbocycles. The van der Waals surface area contributed by atoms with Gasteiger partial charge in [-0.25, -0.2) is 4.79 Å². The first kappa shape index (κ1) is 17.6. The molecule has 0 saturated carbocycles. The van der Waals surface area contributed by atoms with Crippen LogP contribution in [0.3, 0.4) is 0 Å². The maximum absolute atomic E-state index is 12.3. The lowest BCUT2D eigenvalue weighted by molar-refractivity contribution is -0.143. The first-order valence-corrected chi connectivity index (χ1v) is 7.90. The number of urea groups is 1. The largest absolute Gasteiger partial charge is 0.490 e. The van der Waals surface area contributed by atoms with Crippen LogP contribution in [-0.2, 0) is 4.79 Å². The SMILES string of the molecule is CC(C)Oc1ccc(NC(=O)N2CCC(C(=O)O)CC2)cc1C#N. The summed E-state index contributed by atoms with van der Waals surface area (Å²) in [5, 5.41) is 20.9. The van der Waals surface area contributed by atoms with Crippen molar-refractivity contribution in [1.29, 1.82) is 5.26 Å². The van der Waals surface area contributed by atoms with E-state index in [0.717, 1.165) is 0 Å². The second-order valence-corrected chi connectivity index (χ2v) is 6.02. The first-order valence-electron chi connectivity index (χ1n) is 7.90. The summed E-state index contributed by atoms with van der Waals surface area (Å²) in [5.41, 5.74) is 0.860. The average molecular weight is 331 g/mol. The highest BCUT2D eigenvalue weighted by molar-refractivity contribution is 5.90. The number of aliphatic carboxylic acids is 1. The zero-order valence-electron chi connectivity index (χ0n) is 13.8. The Labute approximate surface area is 140 Å². The molecule has 1 aromatic rings. The molecule has 0 radical (unpaired) electrons. The van der Waals surface area contributed by atoms with E-state index < -0.39 is 5.97 Å². The van der Waals surface area contributed by atoms with Gasteiger partial charge >= 0.3 is 12.0 Å². The Balaban J connectivity index is 1.99. The molecule has 2 amide bonds. The predicted molar refractivity (Wildman–Crippen MR) is 87.9 cm³/mol.